The molecule has 1 aliphatic rings. The van der Waals surface area contributed by atoms with Crippen molar-refractivity contribution in [2.75, 3.05) is 6.54 Å². The molecule has 2 unspecified atom stereocenters. The molecule has 1 fully saturated rings. The largest absolute Gasteiger partial charge is 0.292 e. The Morgan fingerprint density at radius 3 is 2.10 bits per heavy atom. The van der Waals surface area contributed by atoms with Gasteiger partial charge in [-0.1, -0.05) is 26.0 Å². The van der Waals surface area contributed by atoms with Crippen molar-refractivity contribution in [2.24, 2.45) is 11.8 Å². The first kappa shape index (κ1) is 14.4. The highest BCUT2D eigenvalue weighted by Crippen LogP contribution is 2.25. The van der Waals surface area contributed by atoms with E-state index < -0.39 is 0 Å². The molecule has 1 aromatic rings. The number of carbonyl (C=O) groups is 3. The number of aryl methyl sites for hydroxylation is 2. The van der Waals surface area contributed by atoms with Crippen LogP contribution in [-0.4, -0.2) is 29.0 Å². The fraction of sp³-hybridized carbons (Fsp3) is 0.438. The lowest BCUT2D eigenvalue weighted by Crippen LogP contribution is -2.35. The van der Waals surface area contributed by atoms with Gasteiger partial charge in [0.1, 0.15) is 0 Å². The van der Waals surface area contributed by atoms with Crippen molar-refractivity contribution in [3.05, 3.63) is 34.9 Å². The van der Waals surface area contributed by atoms with E-state index in [0.29, 0.717) is 5.56 Å². The Kier molecular flexibility index (Phi) is 3.75. The van der Waals surface area contributed by atoms with Crippen LogP contribution in [0.2, 0.25) is 0 Å². The molecule has 2 amide bonds. The Balaban J connectivity index is 2.18. The number of ketones is 1. The summed E-state index contributed by atoms with van der Waals surface area (Å²) in [5.41, 5.74) is 2.68. The molecule has 4 nitrogen and oxygen atoms in total. The van der Waals surface area contributed by atoms with Crippen LogP contribution in [0.1, 0.15) is 35.3 Å². The minimum absolute atomic E-state index is 0.158. The Morgan fingerprint density at radius 2 is 1.60 bits per heavy atom. The van der Waals surface area contributed by atoms with Gasteiger partial charge in [0.2, 0.25) is 11.8 Å². The predicted octanol–water partition coefficient (Wildman–Crippen LogP) is 2.13. The Morgan fingerprint density at radius 1 is 1.05 bits per heavy atom. The summed E-state index contributed by atoms with van der Waals surface area (Å²) in [5.74, 6) is -1.37. The number of amides is 2. The summed E-state index contributed by atoms with van der Waals surface area (Å²) < 4.78 is 0. The maximum Gasteiger partial charge on any atom is 0.233 e. The molecular weight excluding hydrogens is 254 g/mol. The quantitative estimate of drug-likeness (QED) is 0.626. The molecule has 2 rings (SSSR count). The molecule has 1 aromatic carbocycles. The maximum absolute atomic E-state index is 12.2. The van der Waals surface area contributed by atoms with E-state index >= 15 is 0 Å². The van der Waals surface area contributed by atoms with Crippen molar-refractivity contribution in [2.45, 2.75) is 27.7 Å². The molecule has 1 saturated heterocycles. The summed E-state index contributed by atoms with van der Waals surface area (Å²) in [6, 6.07) is 5.42. The van der Waals surface area contributed by atoms with Crippen molar-refractivity contribution in [1.29, 1.82) is 0 Å². The van der Waals surface area contributed by atoms with Crippen LogP contribution in [0.3, 0.4) is 0 Å². The number of imide groups is 1. The lowest BCUT2D eigenvalue weighted by Gasteiger charge is -2.14. The Labute approximate surface area is 118 Å². The summed E-state index contributed by atoms with van der Waals surface area (Å²) in [7, 11) is 0. The van der Waals surface area contributed by atoms with Gasteiger partial charge >= 0.3 is 0 Å². The number of hydrogen-bond donors (Lipinski definition) is 0. The highest BCUT2D eigenvalue weighted by molar-refractivity contribution is 6.09. The van der Waals surface area contributed by atoms with Gasteiger partial charge in [0, 0.05) is 17.4 Å². The Hall–Kier alpha value is -1.97. The van der Waals surface area contributed by atoms with Gasteiger partial charge in [0.15, 0.2) is 5.78 Å². The first-order chi connectivity index (χ1) is 9.32. The van der Waals surface area contributed by atoms with Gasteiger partial charge in [-0.05, 0) is 31.0 Å². The maximum atomic E-state index is 12.2. The van der Waals surface area contributed by atoms with Crippen molar-refractivity contribution in [3.63, 3.8) is 0 Å². The third kappa shape index (κ3) is 2.38. The molecule has 1 aliphatic heterocycles. The van der Waals surface area contributed by atoms with E-state index in [1.807, 2.05) is 19.9 Å². The highest BCUT2D eigenvalue weighted by atomic mass is 16.2. The van der Waals surface area contributed by atoms with E-state index in [1.54, 1.807) is 26.0 Å². The van der Waals surface area contributed by atoms with Gasteiger partial charge in [0.05, 0.1) is 6.54 Å². The van der Waals surface area contributed by atoms with Crippen molar-refractivity contribution >= 4 is 17.6 Å². The van der Waals surface area contributed by atoms with Gasteiger partial charge < -0.3 is 0 Å². The second-order valence-corrected chi connectivity index (χ2v) is 5.56. The fourth-order valence-electron chi connectivity index (χ4n) is 2.33. The van der Waals surface area contributed by atoms with E-state index in [1.165, 1.54) is 0 Å². The second kappa shape index (κ2) is 5.19. The molecular formula is C16H19NO3. The first-order valence-corrected chi connectivity index (χ1v) is 6.78. The molecule has 0 N–H and O–H groups in total. The van der Waals surface area contributed by atoms with E-state index in [0.717, 1.165) is 16.0 Å². The number of rotatable bonds is 3. The second-order valence-electron chi connectivity index (χ2n) is 5.56. The molecule has 0 aliphatic carbocycles. The lowest BCUT2D eigenvalue weighted by atomic mass is 10.00. The van der Waals surface area contributed by atoms with E-state index in [9.17, 15) is 14.4 Å². The summed E-state index contributed by atoms with van der Waals surface area (Å²) >= 11 is 0. The van der Waals surface area contributed by atoms with Crippen molar-refractivity contribution in [3.8, 4) is 0 Å². The van der Waals surface area contributed by atoms with Crippen LogP contribution in [0, 0.1) is 25.7 Å². The lowest BCUT2D eigenvalue weighted by molar-refractivity contribution is -0.139. The number of nitrogens with zero attached hydrogens (tertiary/aromatic N) is 1. The van der Waals surface area contributed by atoms with Gasteiger partial charge in [-0.25, -0.2) is 0 Å². The number of hydrogen-bond acceptors (Lipinski definition) is 3. The molecule has 0 aromatic heterocycles. The molecule has 20 heavy (non-hydrogen) atoms. The van der Waals surface area contributed by atoms with E-state index in [2.05, 4.69) is 0 Å². The van der Waals surface area contributed by atoms with Gasteiger partial charge in [-0.3, -0.25) is 19.3 Å². The van der Waals surface area contributed by atoms with Crippen LogP contribution in [0.5, 0.6) is 0 Å². The van der Waals surface area contributed by atoms with E-state index in [4.69, 9.17) is 0 Å². The van der Waals surface area contributed by atoms with Gasteiger partial charge in [-0.15, -0.1) is 0 Å². The highest BCUT2D eigenvalue weighted by Gasteiger charge is 2.42. The van der Waals surface area contributed by atoms with Crippen molar-refractivity contribution < 1.29 is 14.4 Å². The predicted molar refractivity (Wildman–Crippen MR) is 75.3 cm³/mol. The zero-order chi connectivity index (χ0) is 15.0. The summed E-state index contributed by atoms with van der Waals surface area (Å²) in [5, 5.41) is 0. The summed E-state index contributed by atoms with van der Waals surface area (Å²) in [6.07, 6.45) is 0. The summed E-state index contributed by atoms with van der Waals surface area (Å²) in [6.45, 7) is 7.20. The average Bonchev–Trinajstić information content (AvgIpc) is 2.59. The van der Waals surface area contributed by atoms with Crippen LogP contribution < -0.4 is 0 Å². The van der Waals surface area contributed by atoms with Crippen molar-refractivity contribution in [1.82, 2.24) is 4.90 Å². The molecule has 0 radical (unpaired) electrons. The molecule has 1 heterocycles. The number of Topliss-reactive ketones (excluding diaryl/α,β-unsaturated/α-hetero) is 1. The summed E-state index contributed by atoms with van der Waals surface area (Å²) in [4.78, 5) is 37.2. The van der Waals surface area contributed by atoms with Crippen LogP contribution in [0.15, 0.2) is 18.2 Å². The molecule has 106 valence electrons. The first-order valence-electron chi connectivity index (χ1n) is 6.78. The van der Waals surface area contributed by atoms with Crippen LogP contribution in [-0.2, 0) is 9.59 Å². The van der Waals surface area contributed by atoms with Crippen LogP contribution in [0.4, 0.5) is 0 Å². The van der Waals surface area contributed by atoms with Crippen LogP contribution >= 0.6 is 0 Å². The number of carbonyl (C=O) groups excluding carboxylic acids is 3. The van der Waals surface area contributed by atoms with Gasteiger partial charge in [-0.2, -0.15) is 0 Å². The monoisotopic (exact) mass is 273 g/mol. The normalized spacial score (nSPS) is 22.5. The zero-order valence-corrected chi connectivity index (χ0v) is 12.3. The third-order valence-corrected chi connectivity index (χ3v) is 4.19. The molecule has 0 bridgehead atoms. The fourth-order valence-corrected chi connectivity index (χ4v) is 2.33. The standard InChI is InChI=1S/C16H19NO3/c1-9-5-6-13(7-10(9)2)14(18)8-17-15(19)11(3)12(4)16(17)20/h5-7,11-12H,8H2,1-4H3. The van der Waals surface area contributed by atoms with E-state index in [-0.39, 0.29) is 36.0 Å². The smallest absolute Gasteiger partial charge is 0.233 e. The molecule has 2 atom stereocenters. The zero-order valence-electron chi connectivity index (χ0n) is 12.3. The average molecular weight is 273 g/mol. The number of benzene rings is 1. The molecule has 4 heteroatoms. The molecule has 0 spiro atoms. The number of likely N-dealkylation sites (tertiary alicyclic amines) is 1. The van der Waals surface area contributed by atoms with Gasteiger partial charge in [0.25, 0.3) is 0 Å². The molecule has 0 saturated carbocycles. The van der Waals surface area contributed by atoms with Crippen LogP contribution in [0.25, 0.3) is 0 Å². The Bertz CT molecular complexity index is 571. The third-order valence-electron chi connectivity index (χ3n) is 4.19. The SMILES string of the molecule is Cc1ccc(C(=O)CN2C(=O)C(C)C(C)C2=O)cc1C. The minimum Gasteiger partial charge on any atom is -0.292 e. The minimum atomic E-state index is -0.338. The topological polar surface area (TPSA) is 54.5 Å².